The Kier molecular flexibility index (Phi) is 4.35. The first-order chi connectivity index (χ1) is 9.42. The van der Waals surface area contributed by atoms with E-state index in [4.69, 9.17) is 8.92 Å². The molecule has 0 heterocycles. The number of hydrogen-bond acceptors (Lipinski definition) is 4. The van der Waals surface area contributed by atoms with E-state index in [0.717, 1.165) is 5.56 Å². The first-order valence-electron chi connectivity index (χ1n) is 5.77. The van der Waals surface area contributed by atoms with Gasteiger partial charge in [0, 0.05) is 4.47 Å². The lowest BCUT2D eigenvalue weighted by atomic mass is 10.2. The summed E-state index contributed by atoms with van der Waals surface area (Å²) in [7, 11) is -2.54. The number of methoxy groups -OCH3 is 1. The molecule has 0 saturated carbocycles. The molecule has 0 fully saturated rings. The quantitative estimate of drug-likeness (QED) is 0.786. The maximum Gasteiger partial charge on any atom is 0.342 e. The van der Waals surface area contributed by atoms with E-state index >= 15 is 0 Å². The first-order valence-corrected chi connectivity index (χ1v) is 7.97. The second kappa shape index (κ2) is 5.85. The fraction of sp³-hybridized carbons (Fsp3) is 0.143. The summed E-state index contributed by atoms with van der Waals surface area (Å²) in [5.74, 6) is 0.498. The van der Waals surface area contributed by atoms with Gasteiger partial charge in [-0.25, -0.2) is 0 Å². The monoisotopic (exact) mass is 356 g/mol. The van der Waals surface area contributed by atoms with E-state index in [9.17, 15) is 8.42 Å². The SMILES string of the molecule is COc1ccc(Br)cc1S(=O)(=O)Oc1ccc(C)cc1. The highest BCUT2D eigenvalue weighted by Gasteiger charge is 2.22. The van der Waals surface area contributed by atoms with Crippen molar-refractivity contribution in [2.75, 3.05) is 7.11 Å². The Labute approximate surface area is 126 Å². The van der Waals surface area contributed by atoms with Crippen LogP contribution in [0.25, 0.3) is 0 Å². The van der Waals surface area contributed by atoms with Crippen LogP contribution in [-0.2, 0) is 10.1 Å². The normalized spacial score (nSPS) is 11.2. The van der Waals surface area contributed by atoms with Crippen molar-refractivity contribution >= 4 is 26.0 Å². The summed E-state index contributed by atoms with van der Waals surface area (Å²) in [6, 6.07) is 11.5. The van der Waals surface area contributed by atoms with Crippen molar-refractivity contribution < 1.29 is 17.3 Å². The molecule has 0 aromatic heterocycles. The third kappa shape index (κ3) is 3.32. The summed E-state index contributed by atoms with van der Waals surface area (Å²) in [6.07, 6.45) is 0. The first kappa shape index (κ1) is 14.9. The van der Waals surface area contributed by atoms with Crippen LogP contribution < -0.4 is 8.92 Å². The molecule has 2 aromatic carbocycles. The summed E-state index contributed by atoms with van der Waals surface area (Å²) in [5.41, 5.74) is 1.02. The van der Waals surface area contributed by atoms with Crippen LogP contribution in [0.4, 0.5) is 0 Å². The lowest BCUT2D eigenvalue weighted by Crippen LogP contribution is -2.11. The molecule has 4 nitrogen and oxygen atoms in total. The Morgan fingerprint density at radius 3 is 2.30 bits per heavy atom. The van der Waals surface area contributed by atoms with Crippen LogP contribution in [0.1, 0.15) is 5.56 Å². The topological polar surface area (TPSA) is 52.6 Å². The van der Waals surface area contributed by atoms with Crippen molar-refractivity contribution in [2.45, 2.75) is 11.8 Å². The highest BCUT2D eigenvalue weighted by atomic mass is 79.9. The van der Waals surface area contributed by atoms with E-state index in [1.54, 1.807) is 36.4 Å². The summed E-state index contributed by atoms with van der Waals surface area (Å²) in [5, 5.41) is 0. The van der Waals surface area contributed by atoms with Crippen LogP contribution in [0.15, 0.2) is 51.8 Å². The zero-order valence-electron chi connectivity index (χ0n) is 11.0. The molecule has 0 aliphatic heterocycles. The fourth-order valence-electron chi connectivity index (χ4n) is 1.61. The lowest BCUT2D eigenvalue weighted by Gasteiger charge is -2.11. The number of aryl methyl sites for hydroxylation is 1. The molecular weight excluding hydrogens is 344 g/mol. The highest BCUT2D eigenvalue weighted by Crippen LogP contribution is 2.29. The van der Waals surface area contributed by atoms with Gasteiger partial charge in [0.05, 0.1) is 7.11 Å². The van der Waals surface area contributed by atoms with Gasteiger partial charge in [0.1, 0.15) is 16.4 Å². The minimum absolute atomic E-state index is 0.0186. The molecule has 0 aliphatic rings. The van der Waals surface area contributed by atoms with Gasteiger partial charge in [-0.05, 0) is 37.3 Å². The zero-order valence-corrected chi connectivity index (χ0v) is 13.4. The Balaban J connectivity index is 2.40. The highest BCUT2D eigenvalue weighted by molar-refractivity contribution is 9.10. The molecule has 0 saturated heterocycles. The number of hydrogen-bond donors (Lipinski definition) is 0. The Morgan fingerprint density at radius 2 is 1.70 bits per heavy atom. The predicted octanol–water partition coefficient (Wildman–Crippen LogP) is 3.53. The van der Waals surface area contributed by atoms with Crippen LogP contribution >= 0.6 is 15.9 Å². The number of halogens is 1. The lowest BCUT2D eigenvalue weighted by molar-refractivity contribution is 0.398. The molecule has 6 heteroatoms. The number of rotatable bonds is 4. The third-order valence-electron chi connectivity index (χ3n) is 2.62. The van der Waals surface area contributed by atoms with Crippen molar-refractivity contribution in [1.82, 2.24) is 0 Å². The van der Waals surface area contributed by atoms with E-state index in [1.165, 1.54) is 13.2 Å². The van der Waals surface area contributed by atoms with E-state index < -0.39 is 10.1 Å². The second-order valence-corrected chi connectivity index (χ2v) is 6.58. The van der Waals surface area contributed by atoms with Crippen molar-refractivity contribution in [1.29, 1.82) is 0 Å². The Bertz CT molecular complexity index is 708. The molecule has 0 radical (unpaired) electrons. The van der Waals surface area contributed by atoms with E-state index in [2.05, 4.69) is 15.9 Å². The molecule has 106 valence electrons. The molecule has 0 atom stereocenters. The maximum absolute atomic E-state index is 12.3. The van der Waals surface area contributed by atoms with Crippen LogP contribution in [-0.4, -0.2) is 15.5 Å². The minimum atomic E-state index is -3.95. The van der Waals surface area contributed by atoms with E-state index in [1.807, 2.05) is 6.92 Å². The van der Waals surface area contributed by atoms with Gasteiger partial charge in [-0.3, -0.25) is 0 Å². The second-order valence-electron chi connectivity index (χ2n) is 4.15. The van der Waals surface area contributed by atoms with Gasteiger partial charge in [-0.15, -0.1) is 0 Å². The fourth-order valence-corrected chi connectivity index (χ4v) is 3.25. The summed E-state index contributed by atoms with van der Waals surface area (Å²) < 4.78 is 35.4. The number of benzene rings is 2. The third-order valence-corrected chi connectivity index (χ3v) is 4.38. The molecule has 0 bridgehead atoms. The largest absolute Gasteiger partial charge is 0.495 e. The maximum atomic E-state index is 12.3. The van der Waals surface area contributed by atoms with Gasteiger partial charge >= 0.3 is 10.1 Å². The van der Waals surface area contributed by atoms with Crippen LogP contribution in [0.2, 0.25) is 0 Å². The molecule has 2 aromatic rings. The molecular formula is C14H13BrO4S. The zero-order chi connectivity index (χ0) is 14.8. The average molecular weight is 357 g/mol. The predicted molar refractivity (Wildman–Crippen MR) is 79.7 cm³/mol. The van der Waals surface area contributed by atoms with Gasteiger partial charge in [0.15, 0.2) is 0 Å². The molecule has 0 unspecified atom stereocenters. The molecule has 0 spiro atoms. The average Bonchev–Trinajstić information content (AvgIpc) is 2.41. The van der Waals surface area contributed by atoms with Gasteiger partial charge in [-0.2, -0.15) is 8.42 Å². The van der Waals surface area contributed by atoms with Gasteiger partial charge < -0.3 is 8.92 Å². The van der Waals surface area contributed by atoms with Crippen LogP contribution in [0.5, 0.6) is 11.5 Å². The molecule has 0 N–H and O–H groups in total. The van der Waals surface area contributed by atoms with Gasteiger partial charge in [-0.1, -0.05) is 33.6 Å². The summed E-state index contributed by atoms with van der Waals surface area (Å²) in [4.78, 5) is -0.0186. The van der Waals surface area contributed by atoms with Crippen LogP contribution in [0.3, 0.4) is 0 Å². The Morgan fingerprint density at radius 1 is 1.05 bits per heavy atom. The molecule has 2 rings (SSSR count). The van der Waals surface area contributed by atoms with Crippen molar-refractivity contribution in [2.24, 2.45) is 0 Å². The number of ether oxygens (including phenoxy) is 1. The van der Waals surface area contributed by atoms with Gasteiger partial charge in [0.25, 0.3) is 0 Å². The van der Waals surface area contributed by atoms with Gasteiger partial charge in [0.2, 0.25) is 0 Å². The Hall–Kier alpha value is -1.53. The molecule has 0 aliphatic carbocycles. The molecule has 20 heavy (non-hydrogen) atoms. The smallest absolute Gasteiger partial charge is 0.342 e. The van der Waals surface area contributed by atoms with E-state index in [-0.39, 0.29) is 16.4 Å². The summed E-state index contributed by atoms with van der Waals surface area (Å²) in [6.45, 7) is 1.91. The molecule has 0 amide bonds. The van der Waals surface area contributed by atoms with Crippen molar-refractivity contribution in [3.05, 3.63) is 52.5 Å². The van der Waals surface area contributed by atoms with Crippen LogP contribution in [0, 0.1) is 6.92 Å². The summed E-state index contributed by atoms with van der Waals surface area (Å²) >= 11 is 3.24. The standard InChI is InChI=1S/C14H13BrO4S/c1-10-3-6-12(7-4-10)19-20(16,17)14-9-11(15)5-8-13(14)18-2/h3-9H,1-2H3. The van der Waals surface area contributed by atoms with Crippen molar-refractivity contribution in [3.8, 4) is 11.5 Å². The van der Waals surface area contributed by atoms with E-state index in [0.29, 0.717) is 4.47 Å². The van der Waals surface area contributed by atoms with Crippen molar-refractivity contribution in [3.63, 3.8) is 0 Å². The minimum Gasteiger partial charge on any atom is -0.495 e.